The van der Waals surface area contributed by atoms with E-state index in [0.717, 1.165) is 0 Å². The van der Waals surface area contributed by atoms with Gasteiger partial charge in [0.25, 0.3) is 0 Å². The Kier molecular flexibility index (Phi) is 1.13. The summed E-state index contributed by atoms with van der Waals surface area (Å²) in [6, 6.07) is 0. The van der Waals surface area contributed by atoms with Crippen molar-refractivity contribution in [2.75, 3.05) is 0 Å². The van der Waals surface area contributed by atoms with Crippen molar-refractivity contribution in [2.45, 2.75) is 0 Å². The topological polar surface area (TPSA) is 74.6 Å². The zero-order chi connectivity index (χ0) is 12.4. The fourth-order valence-electron chi connectivity index (χ4n) is 6.69. The first kappa shape index (κ1) is 9.36. The van der Waals surface area contributed by atoms with E-state index in [1.165, 1.54) is 0 Å². The summed E-state index contributed by atoms with van der Waals surface area (Å²) in [5, 5.41) is 19.6. The van der Waals surface area contributed by atoms with Crippen molar-refractivity contribution in [3.8, 4) is 0 Å². The molecule has 0 saturated heterocycles. The minimum Gasteiger partial charge on any atom is -0.481 e. The van der Waals surface area contributed by atoms with E-state index < -0.39 is 22.8 Å². The third-order valence-electron chi connectivity index (χ3n) is 6.65. The monoisotopic (exact) mass is 244 g/mol. The van der Waals surface area contributed by atoms with Crippen molar-refractivity contribution in [2.24, 2.45) is 46.3 Å². The lowest BCUT2D eigenvalue weighted by Crippen LogP contribution is -2.57. The molecule has 0 heterocycles. The first-order valence-electron chi connectivity index (χ1n) is 6.43. The van der Waals surface area contributed by atoms with E-state index in [9.17, 15) is 19.8 Å². The molecule has 4 heteroatoms. The Balaban J connectivity index is 1.94. The molecule has 6 aliphatic rings. The number of aliphatic carboxylic acids is 2. The van der Waals surface area contributed by atoms with E-state index in [2.05, 4.69) is 0 Å². The van der Waals surface area contributed by atoms with Crippen molar-refractivity contribution in [1.82, 2.24) is 0 Å². The first-order chi connectivity index (χ1) is 8.59. The number of carboxylic acid groups (broad SMARTS) is 2. The molecule has 4 saturated carbocycles. The molecule has 8 bridgehead atoms. The first-order valence-corrected chi connectivity index (χ1v) is 6.43. The van der Waals surface area contributed by atoms with Crippen LogP contribution in [0.5, 0.6) is 0 Å². The predicted octanol–water partition coefficient (Wildman–Crippen LogP) is 1.01. The quantitative estimate of drug-likeness (QED) is 0.711. The standard InChI is InChI=1S/C14H12O4/c15-11(16)13-5-1-2-6-9(5)10-7(13)3-4-8(10)14(6,13)12(17)18/h1-10H,(H,15,16)(H,17,18)/t5-,6-,7-,8+,9?,10?,13?,14?/m0/s1. The van der Waals surface area contributed by atoms with Crippen LogP contribution in [-0.2, 0) is 9.59 Å². The van der Waals surface area contributed by atoms with Gasteiger partial charge in [0.2, 0.25) is 0 Å². The number of hydrogen-bond acceptors (Lipinski definition) is 2. The van der Waals surface area contributed by atoms with Gasteiger partial charge in [-0.15, -0.1) is 0 Å². The molecular weight excluding hydrogens is 232 g/mol. The lowest BCUT2D eigenvalue weighted by Gasteiger charge is -2.46. The third kappa shape index (κ3) is 0.482. The molecule has 2 N–H and O–H groups in total. The average Bonchev–Trinajstić information content (AvgIpc) is 3.07. The van der Waals surface area contributed by atoms with Crippen LogP contribution in [0.1, 0.15) is 0 Å². The molecule has 4 fully saturated rings. The highest BCUT2D eigenvalue weighted by molar-refractivity contribution is 5.94. The summed E-state index contributed by atoms with van der Waals surface area (Å²) in [6.45, 7) is 0. The normalized spacial score (nSPS) is 63.3. The van der Waals surface area contributed by atoms with E-state index >= 15 is 0 Å². The van der Waals surface area contributed by atoms with E-state index in [0.29, 0.717) is 0 Å². The van der Waals surface area contributed by atoms with Gasteiger partial charge in [0, 0.05) is 0 Å². The van der Waals surface area contributed by atoms with Crippen LogP contribution < -0.4 is 0 Å². The second-order valence-corrected chi connectivity index (χ2v) is 6.38. The lowest BCUT2D eigenvalue weighted by molar-refractivity contribution is -0.178. The molecule has 0 aliphatic heterocycles. The number of allylic oxidation sites excluding steroid dienone is 4. The van der Waals surface area contributed by atoms with Crippen molar-refractivity contribution in [1.29, 1.82) is 0 Å². The summed E-state index contributed by atoms with van der Waals surface area (Å²) in [5.41, 5.74) is -2.12. The van der Waals surface area contributed by atoms with Gasteiger partial charge >= 0.3 is 11.9 Å². The average molecular weight is 244 g/mol. The van der Waals surface area contributed by atoms with E-state index in [4.69, 9.17) is 0 Å². The summed E-state index contributed by atoms with van der Waals surface area (Å²) in [5.74, 6) is -1.54. The number of hydrogen-bond donors (Lipinski definition) is 2. The molecule has 0 aromatic rings. The molecular formula is C14H12O4. The number of carbonyl (C=O) groups is 2. The highest BCUT2D eigenvalue weighted by Gasteiger charge is 2.93. The molecule has 4 unspecified atom stereocenters. The summed E-state index contributed by atoms with van der Waals surface area (Å²) in [6.07, 6.45) is 7.92. The fraction of sp³-hybridized carbons (Fsp3) is 0.571. The third-order valence-corrected chi connectivity index (χ3v) is 6.65. The molecule has 6 rings (SSSR count). The Morgan fingerprint density at radius 2 is 1.00 bits per heavy atom. The minimum absolute atomic E-state index is 0.0627. The minimum atomic E-state index is -1.06. The second-order valence-electron chi connectivity index (χ2n) is 6.38. The van der Waals surface area contributed by atoms with Gasteiger partial charge in [-0.3, -0.25) is 9.59 Å². The smallest absolute Gasteiger partial charge is 0.312 e. The van der Waals surface area contributed by atoms with Crippen molar-refractivity contribution in [3.63, 3.8) is 0 Å². The fourth-order valence-corrected chi connectivity index (χ4v) is 6.69. The zero-order valence-electron chi connectivity index (χ0n) is 9.48. The van der Waals surface area contributed by atoms with Crippen LogP contribution in [0.2, 0.25) is 0 Å². The Bertz CT molecular complexity index is 507. The number of carboxylic acids is 2. The van der Waals surface area contributed by atoms with Crippen LogP contribution in [0.25, 0.3) is 0 Å². The second kappa shape index (κ2) is 2.17. The van der Waals surface area contributed by atoms with Crippen LogP contribution in [0, 0.1) is 46.3 Å². The maximum Gasteiger partial charge on any atom is 0.312 e. The van der Waals surface area contributed by atoms with Crippen molar-refractivity contribution >= 4 is 11.9 Å². The van der Waals surface area contributed by atoms with Crippen LogP contribution in [-0.4, -0.2) is 22.2 Å². The van der Waals surface area contributed by atoms with Crippen LogP contribution in [0.15, 0.2) is 24.3 Å². The highest BCUT2D eigenvalue weighted by Crippen LogP contribution is 2.89. The van der Waals surface area contributed by atoms with Gasteiger partial charge < -0.3 is 10.2 Å². The Labute approximate surface area is 103 Å². The highest BCUT2D eigenvalue weighted by atomic mass is 16.4. The van der Waals surface area contributed by atoms with Crippen LogP contribution in [0.3, 0.4) is 0 Å². The van der Waals surface area contributed by atoms with Crippen molar-refractivity contribution in [3.05, 3.63) is 24.3 Å². The maximum atomic E-state index is 12.0. The van der Waals surface area contributed by atoms with E-state index in [-0.39, 0.29) is 35.5 Å². The van der Waals surface area contributed by atoms with Gasteiger partial charge in [0.15, 0.2) is 0 Å². The summed E-state index contributed by atoms with van der Waals surface area (Å²) < 4.78 is 0. The van der Waals surface area contributed by atoms with Gasteiger partial charge in [-0.05, 0) is 35.5 Å². The largest absolute Gasteiger partial charge is 0.481 e. The Hall–Kier alpha value is -1.58. The van der Waals surface area contributed by atoms with Crippen LogP contribution in [0.4, 0.5) is 0 Å². The maximum absolute atomic E-state index is 12.0. The van der Waals surface area contributed by atoms with Crippen LogP contribution >= 0.6 is 0 Å². The molecule has 0 aromatic heterocycles. The van der Waals surface area contributed by atoms with Gasteiger partial charge in [0.1, 0.15) is 0 Å². The molecule has 18 heavy (non-hydrogen) atoms. The molecule has 0 amide bonds. The SMILES string of the molecule is O=C(O)C12[C@@H]3C=C[C@H]4C3C3[C@@H]1C=C[C@@H]3C42C(=O)O. The number of rotatable bonds is 2. The van der Waals surface area contributed by atoms with E-state index in [1.54, 1.807) is 0 Å². The molecule has 0 radical (unpaired) electrons. The lowest BCUT2D eigenvalue weighted by atomic mass is 9.53. The predicted molar refractivity (Wildman–Crippen MR) is 59.4 cm³/mol. The molecule has 0 spiro atoms. The molecule has 4 nitrogen and oxygen atoms in total. The molecule has 6 aliphatic carbocycles. The van der Waals surface area contributed by atoms with Crippen molar-refractivity contribution < 1.29 is 19.8 Å². The molecule has 0 aromatic carbocycles. The zero-order valence-corrected chi connectivity index (χ0v) is 9.48. The van der Waals surface area contributed by atoms with E-state index in [1.807, 2.05) is 24.3 Å². The Morgan fingerprint density at radius 3 is 1.22 bits per heavy atom. The van der Waals surface area contributed by atoms with Gasteiger partial charge in [-0.25, -0.2) is 0 Å². The molecule has 92 valence electrons. The molecule has 8 atom stereocenters. The van der Waals surface area contributed by atoms with Gasteiger partial charge in [-0.2, -0.15) is 0 Å². The van der Waals surface area contributed by atoms with Gasteiger partial charge in [-0.1, -0.05) is 24.3 Å². The summed E-state index contributed by atoms with van der Waals surface area (Å²) >= 11 is 0. The van der Waals surface area contributed by atoms with Gasteiger partial charge in [0.05, 0.1) is 10.8 Å². The summed E-state index contributed by atoms with van der Waals surface area (Å²) in [4.78, 5) is 24.0. The summed E-state index contributed by atoms with van der Waals surface area (Å²) in [7, 11) is 0. The Morgan fingerprint density at radius 1 is 0.722 bits per heavy atom.